The Morgan fingerprint density at radius 3 is 1.89 bits per heavy atom. The standard InChI is InChI=1S/C16H28O2/c1-11-4-6-16(7-5-11,15(17)18)14-9-12(2)8-13(3)10-14/h11-14H,4-10H2,1-3H3,(H,17,18). The first-order valence-corrected chi connectivity index (χ1v) is 7.67. The molecule has 0 bridgehead atoms. The second-order valence-electron chi connectivity index (χ2n) is 7.26. The van der Waals surface area contributed by atoms with E-state index in [9.17, 15) is 9.90 Å². The molecule has 104 valence electrons. The van der Waals surface area contributed by atoms with E-state index in [2.05, 4.69) is 20.8 Å². The van der Waals surface area contributed by atoms with Crippen molar-refractivity contribution in [2.24, 2.45) is 29.1 Å². The van der Waals surface area contributed by atoms with E-state index in [4.69, 9.17) is 0 Å². The highest BCUT2D eigenvalue weighted by atomic mass is 16.4. The minimum absolute atomic E-state index is 0.393. The van der Waals surface area contributed by atoms with E-state index >= 15 is 0 Å². The minimum Gasteiger partial charge on any atom is -0.481 e. The molecular weight excluding hydrogens is 224 g/mol. The van der Waals surface area contributed by atoms with Gasteiger partial charge in [-0.05, 0) is 68.6 Å². The molecule has 0 aliphatic heterocycles. The molecule has 2 saturated carbocycles. The molecule has 0 saturated heterocycles. The molecule has 0 aromatic heterocycles. The summed E-state index contributed by atoms with van der Waals surface area (Å²) in [5.41, 5.74) is -0.393. The predicted molar refractivity (Wildman–Crippen MR) is 73.4 cm³/mol. The number of carbonyl (C=O) groups is 1. The summed E-state index contributed by atoms with van der Waals surface area (Å²) < 4.78 is 0. The maximum absolute atomic E-state index is 11.9. The molecule has 2 atom stereocenters. The van der Waals surface area contributed by atoms with E-state index in [0.29, 0.717) is 17.8 Å². The van der Waals surface area contributed by atoms with Gasteiger partial charge in [0, 0.05) is 0 Å². The fourth-order valence-corrected chi connectivity index (χ4v) is 4.47. The summed E-state index contributed by atoms with van der Waals surface area (Å²) in [6.45, 7) is 6.85. The Morgan fingerprint density at radius 1 is 0.944 bits per heavy atom. The Kier molecular flexibility index (Phi) is 4.03. The van der Waals surface area contributed by atoms with Crippen LogP contribution in [0, 0.1) is 29.1 Å². The average molecular weight is 252 g/mol. The summed E-state index contributed by atoms with van der Waals surface area (Å²) in [7, 11) is 0. The third-order valence-corrected chi connectivity index (χ3v) is 5.55. The van der Waals surface area contributed by atoms with Gasteiger partial charge in [-0.2, -0.15) is 0 Å². The summed E-state index contributed by atoms with van der Waals surface area (Å²) in [4.78, 5) is 11.9. The van der Waals surface area contributed by atoms with Crippen LogP contribution in [0.4, 0.5) is 0 Å². The van der Waals surface area contributed by atoms with Crippen LogP contribution < -0.4 is 0 Å². The second kappa shape index (κ2) is 5.22. The summed E-state index contributed by atoms with van der Waals surface area (Å²) in [5.74, 6) is 2.03. The lowest BCUT2D eigenvalue weighted by atomic mass is 9.58. The fourth-order valence-electron chi connectivity index (χ4n) is 4.47. The highest BCUT2D eigenvalue weighted by molar-refractivity contribution is 5.75. The molecule has 2 aliphatic carbocycles. The highest BCUT2D eigenvalue weighted by Crippen LogP contribution is 2.51. The maximum Gasteiger partial charge on any atom is 0.309 e. The van der Waals surface area contributed by atoms with Crippen molar-refractivity contribution in [2.45, 2.75) is 65.7 Å². The molecule has 2 aliphatic rings. The van der Waals surface area contributed by atoms with Crippen LogP contribution in [0.3, 0.4) is 0 Å². The lowest BCUT2D eigenvalue weighted by molar-refractivity contribution is -0.158. The summed E-state index contributed by atoms with van der Waals surface area (Å²) in [6.07, 6.45) is 7.57. The van der Waals surface area contributed by atoms with Gasteiger partial charge in [-0.1, -0.05) is 20.8 Å². The SMILES string of the molecule is CC1CCC(C(=O)O)(C2CC(C)CC(C)C2)CC1. The first-order valence-electron chi connectivity index (χ1n) is 7.67. The Morgan fingerprint density at radius 2 is 1.44 bits per heavy atom. The zero-order chi connectivity index (χ0) is 13.3. The van der Waals surface area contributed by atoms with Gasteiger partial charge in [-0.15, -0.1) is 0 Å². The number of carboxylic acid groups (broad SMARTS) is 1. The smallest absolute Gasteiger partial charge is 0.309 e. The van der Waals surface area contributed by atoms with Crippen molar-refractivity contribution < 1.29 is 9.90 Å². The van der Waals surface area contributed by atoms with E-state index in [-0.39, 0.29) is 0 Å². The van der Waals surface area contributed by atoms with Crippen molar-refractivity contribution in [3.63, 3.8) is 0 Å². The first-order chi connectivity index (χ1) is 8.44. The molecule has 2 fully saturated rings. The van der Waals surface area contributed by atoms with Crippen molar-refractivity contribution in [1.82, 2.24) is 0 Å². The van der Waals surface area contributed by atoms with Crippen LogP contribution in [0.1, 0.15) is 65.7 Å². The van der Waals surface area contributed by atoms with Crippen LogP contribution in [0.2, 0.25) is 0 Å². The van der Waals surface area contributed by atoms with Crippen molar-refractivity contribution in [1.29, 1.82) is 0 Å². The minimum atomic E-state index is -0.513. The molecule has 2 unspecified atom stereocenters. The monoisotopic (exact) mass is 252 g/mol. The molecule has 2 heteroatoms. The number of carboxylic acids is 1. The lowest BCUT2D eigenvalue weighted by Gasteiger charge is -2.46. The molecule has 0 amide bonds. The summed E-state index contributed by atoms with van der Waals surface area (Å²) in [6, 6.07) is 0. The largest absolute Gasteiger partial charge is 0.481 e. The van der Waals surface area contributed by atoms with Crippen molar-refractivity contribution in [2.75, 3.05) is 0 Å². The van der Waals surface area contributed by atoms with Crippen LogP contribution in [-0.2, 0) is 4.79 Å². The average Bonchev–Trinajstić information content (AvgIpc) is 2.28. The molecular formula is C16H28O2. The Hall–Kier alpha value is -0.530. The van der Waals surface area contributed by atoms with Gasteiger partial charge in [0.2, 0.25) is 0 Å². The third kappa shape index (κ3) is 2.57. The van der Waals surface area contributed by atoms with Crippen LogP contribution >= 0.6 is 0 Å². The van der Waals surface area contributed by atoms with Gasteiger partial charge in [-0.25, -0.2) is 0 Å². The van der Waals surface area contributed by atoms with E-state index in [1.54, 1.807) is 0 Å². The van der Waals surface area contributed by atoms with Gasteiger partial charge in [0.05, 0.1) is 5.41 Å². The first kappa shape index (κ1) is 13.9. The van der Waals surface area contributed by atoms with Gasteiger partial charge in [0.25, 0.3) is 0 Å². The molecule has 2 rings (SSSR count). The molecule has 0 aromatic carbocycles. The molecule has 0 heterocycles. The van der Waals surface area contributed by atoms with Crippen LogP contribution in [0.15, 0.2) is 0 Å². The van der Waals surface area contributed by atoms with E-state index in [1.807, 2.05) is 0 Å². The number of hydrogen-bond donors (Lipinski definition) is 1. The zero-order valence-electron chi connectivity index (χ0n) is 12.1. The Labute approximate surface area is 111 Å². The molecule has 0 spiro atoms. The van der Waals surface area contributed by atoms with Crippen LogP contribution in [0.5, 0.6) is 0 Å². The van der Waals surface area contributed by atoms with Gasteiger partial charge < -0.3 is 5.11 Å². The van der Waals surface area contributed by atoms with Gasteiger partial charge in [0.15, 0.2) is 0 Å². The number of aliphatic carboxylic acids is 1. The predicted octanol–water partition coefficient (Wildman–Crippen LogP) is 4.34. The normalized spacial score (nSPS) is 45.7. The van der Waals surface area contributed by atoms with Gasteiger partial charge in [0.1, 0.15) is 0 Å². The van der Waals surface area contributed by atoms with E-state index in [1.165, 1.54) is 6.42 Å². The third-order valence-electron chi connectivity index (χ3n) is 5.55. The summed E-state index contributed by atoms with van der Waals surface area (Å²) >= 11 is 0. The van der Waals surface area contributed by atoms with Crippen LogP contribution in [-0.4, -0.2) is 11.1 Å². The quantitative estimate of drug-likeness (QED) is 0.793. The Bertz CT molecular complexity index is 292. The van der Waals surface area contributed by atoms with Crippen molar-refractivity contribution >= 4 is 5.97 Å². The lowest BCUT2D eigenvalue weighted by Crippen LogP contribution is -2.44. The topological polar surface area (TPSA) is 37.3 Å². The zero-order valence-corrected chi connectivity index (χ0v) is 12.1. The van der Waals surface area contributed by atoms with Crippen molar-refractivity contribution in [3.8, 4) is 0 Å². The summed E-state index contributed by atoms with van der Waals surface area (Å²) in [5, 5.41) is 9.80. The van der Waals surface area contributed by atoms with E-state index in [0.717, 1.165) is 44.4 Å². The molecule has 0 radical (unpaired) electrons. The number of rotatable bonds is 2. The molecule has 1 N–H and O–H groups in total. The Balaban J connectivity index is 2.17. The van der Waals surface area contributed by atoms with Gasteiger partial charge in [-0.3, -0.25) is 4.79 Å². The molecule has 18 heavy (non-hydrogen) atoms. The second-order valence-corrected chi connectivity index (χ2v) is 7.26. The highest BCUT2D eigenvalue weighted by Gasteiger charge is 2.48. The molecule has 0 aromatic rings. The fraction of sp³-hybridized carbons (Fsp3) is 0.938. The number of hydrogen-bond acceptors (Lipinski definition) is 1. The maximum atomic E-state index is 11.9. The van der Waals surface area contributed by atoms with E-state index < -0.39 is 11.4 Å². The van der Waals surface area contributed by atoms with Crippen molar-refractivity contribution in [3.05, 3.63) is 0 Å². The van der Waals surface area contributed by atoms with Gasteiger partial charge >= 0.3 is 5.97 Å². The molecule has 2 nitrogen and oxygen atoms in total. The van der Waals surface area contributed by atoms with Crippen LogP contribution in [0.25, 0.3) is 0 Å².